The predicted molar refractivity (Wildman–Crippen MR) is 80.4 cm³/mol. The van der Waals surface area contributed by atoms with Gasteiger partial charge in [-0.1, -0.05) is 23.4 Å². The molecule has 8 heteroatoms. The van der Waals surface area contributed by atoms with E-state index in [2.05, 4.69) is 15.3 Å². The van der Waals surface area contributed by atoms with Crippen molar-refractivity contribution in [1.29, 1.82) is 0 Å². The first-order valence-corrected chi connectivity index (χ1v) is 7.26. The lowest BCUT2D eigenvalue weighted by Gasteiger charge is -2.05. The molecule has 0 saturated heterocycles. The maximum atomic E-state index is 13.2. The third kappa shape index (κ3) is 4.57. The fourth-order valence-electron chi connectivity index (χ4n) is 1.53. The number of benzene rings is 1. The maximum Gasteiger partial charge on any atom is 0.346 e. The van der Waals surface area contributed by atoms with E-state index in [4.69, 9.17) is 11.6 Å². The molecule has 0 unspecified atom stereocenters. The molecule has 1 aromatic heterocycles. The molecule has 0 atom stereocenters. The molecule has 1 heterocycles. The zero-order valence-electron chi connectivity index (χ0n) is 10.9. The summed E-state index contributed by atoms with van der Waals surface area (Å²) in [4.78, 5) is 29.2. The van der Waals surface area contributed by atoms with Crippen molar-refractivity contribution in [1.82, 2.24) is 9.97 Å². The van der Waals surface area contributed by atoms with Gasteiger partial charge in [0.1, 0.15) is 10.8 Å². The molecule has 0 bridgehead atoms. The van der Waals surface area contributed by atoms with E-state index in [1.165, 1.54) is 12.1 Å². The molecule has 0 saturated carbocycles. The summed E-state index contributed by atoms with van der Waals surface area (Å²) in [6, 6.07) is 5.67. The van der Waals surface area contributed by atoms with Crippen molar-refractivity contribution in [2.45, 2.75) is 11.9 Å². The van der Waals surface area contributed by atoms with Crippen LogP contribution in [0.25, 0.3) is 0 Å². The lowest BCUT2D eigenvalue weighted by atomic mass is 10.3. The summed E-state index contributed by atoms with van der Waals surface area (Å²) in [6.07, 6.45) is 0. The zero-order valence-corrected chi connectivity index (χ0v) is 12.5. The number of thioether (sulfide) groups is 1. The quantitative estimate of drug-likeness (QED) is 0.668. The topological polar surface area (TPSA) is 74.8 Å². The van der Waals surface area contributed by atoms with E-state index in [1.807, 2.05) is 0 Å². The molecule has 0 aliphatic carbocycles. The Balaban J connectivity index is 1.95. The Kier molecular flexibility index (Phi) is 4.98. The number of aromatic nitrogens is 2. The standard InChI is InChI=1S/C13H11ClFN3O2S/c1-7-4-12(18-13(20)16-7)21-6-11(19)17-8-2-3-9(14)10(15)5-8/h2-5H,6H2,1H3,(H,17,19)(H,16,18,20). The highest BCUT2D eigenvalue weighted by molar-refractivity contribution is 7.99. The van der Waals surface area contributed by atoms with Crippen LogP contribution >= 0.6 is 23.4 Å². The average Bonchev–Trinajstić information content (AvgIpc) is 2.40. The molecule has 5 nitrogen and oxygen atoms in total. The molecule has 2 N–H and O–H groups in total. The molecule has 0 radical (unpaired) electrons. The number of carbonyl (C=O) groups is 1. The molecule has 1 amide bonds. The maximum absolute atomic E-state index is 13.2. The number of aryl methyl sites for hydroxylation is 1. The normalized spacial score (nSPS) is 10.4. The molecule has 0 aliphatic heterocycles. The number of nitrogens with one attached hydrogen (secondary N) is 2. The van der Waals surface area contributed by atoms with Crippen molar-refractivity contribution in [3.63, 3.8) is 0 Å². The van der Waals surface area contributed by atoms with Gasteiger partial charge in [0.15, 0.2) is 0 Å². The van der Waals surface area contributed by atoms with Gasteiger partial charge in [0.25, 0.3) is 0 Å². The molecule has 0 spiro atoms. The van der Waals surface area contributed by atoms with Crippen molar-refractivity contribution in [3.05, 3.63) is 51.3 Å². The first-order chi connectivity index (χ1) is 9.94. The Labute approximate surface area is 128 Å². The largest absolute Gasteiger partial charge is 0.346 e. The number of anilines is 1. The van der Waals surface area contributed by atoms with Crippen LogP contribution in [0.4, 0.5) is 10.1 Å². The Morgan fingerprint density at radius 2 is 2.24 bits per heavy atom. The second kappa shape index (κ2) is 6.73. The third-order valence-electron chi connectivity index (χ3n) is 2.41. The molecule has 110 valence electrons. The first kappa shape index (κ1) is 15.5. The second-order valence-corrected chi connectivity index (χ2v) is 5.58. The van der Waals surface area contributed by atoms with Crippen LogP contribution in [0.1, 0.15) is 5.69 Å². The monoisotopic (exact) mass is 327 g/mol. The Bertz CT molecular complexity index is 736. The van der Waals surface area contributed by atoms with Crippen LogP contribution in [0, 0.1) is 12.7 Å². The predicted octanol–water partition coefficient (Wildman–Crippen LogP) is 2.60. The van der Waals surface area contributed by atoms with E-state index in [0.29, 0.717) is 16.4 Å². The van der Waals surface area contributed by atoms with Crippen molar-refractivity contribution in [3.8, 4) is 0 Å². The Morgan fingerprint density at radius 3 is 2.90 bits per heavy atom. The minimum atomic E-state index is -0.603. The number of nitrogens with zero attached hydrogens (tertiary/aromatic N) is 1. The molecular weight excluding hydrogens is 317 g/mol. The van der Waals surface area contributed by atoms with Crippen LogP contribution in [0.3, 0.4) is 0 Å². The number of halogens is 2. The molecule has 0 aliphatic rings. The minimum Gasteiger partial charge on any atom is -0.325 e. The SMILES string of the molecule is Cc1cc(SCC(=O)Nc2ccc(Cl)c(F)c2)nc(=O)[nH]1. The van der Waals surface area contributed by atoms with E-state index < -0.39 is 11.5 Å². The average molecular weight is 328 g/mol. The van der Waals surface area contributed by atoms with Gasteiger partial charge in [-0.2, -0.15) is 4.98 Å². The van der Waals surface area contributed by atoms with E-state index in [9.17, 15) is 14.0 Å². The van der Waals surface area contributed by atoms with Gasteiger partial charge in [-0.3, -0.25) is 4.79 Å². The number of aromatic amines is 1. The van der Waals surface area contributed by atoms with Gasteiger partial charge < -0.3 is 10.3 Å². The highest BCUT2D eigenvalue weighted by Gasteiger charge is 2.07. The van der Waals surface area contributed by atoms with Gasteiger partial charge in [-0.05, 0) is 31.2 Å². The molecule has 0 fully saturated rings. The fraction of sp³-hybridized carbons (Fsp3) is 0.154. The lowest BCUT2D eigenvalue weighted by molar-refractivity contribution is -0.113. The van der Waals surface area contributed by atoms with Crippen LogP contribution in [0.5, 0.6) is 0 Å². The number of H-pyrrole nitrogens is 1. The van der Waals surface area contributed by atoms with Crippen LogP contribution < -0.4 is 11.0 Å². The fourth-order valence-corrected chi connectivity index (χ4v) is 2.41. The lowest BCUT2D eigenvalue weighted by Crippen LogP contribution is -2.16. The highest BCUT2D eigenvalue weighted by atomic mass is 35.5. The number of rotatable bonds is 4. The van der Waals surface area contributed by atoms with Gasteiger partial charge in [0.05, 0.1) is 10.8 Å². The van der Waals surface area contributed by atoms with Crippen LogP contribution in [-0.4, -0.2) is 21.6 Å². The molecule has 2 rings (SSSR count). The van der Waals surface area contributed by atoms with Crippen LogP contribution in [-0.2, 0) is 4.79 Å². The number of hydrogen-bond donors (Lipinski definition) is 2. The zero-order chi connectivity index (χ0) is 15.4. The van der Waals surface area contributed by atoms with Crippen LogP contribution in [0.2, 0.25) is 5.02 Å². The Morgan fingerprint density at radius 1 is 1.48 bits per heavy atom. The van der Waals surface area contributed by atoms with E-state index in [0.717, 1.165) is 17.8 Å². The second-order valence-electron chi connectivity index (χ2n) is 4.17. The van der Waals surface area contributed by atoms with E-state index in [1.54, 1.807) is 13.0 Å². The van der Waals surface area contributed by atoms with Gasteiger partial charge in [-0.15, -0.1) is 0 Å². The highest BCUT2D eigenvalue weighted by Crippen LogP contribution is 2.19. The summed E-state index contributed by atoms with van der Waals surface area (Å²) in [5, 5.41) is 2.98. The molecule has 1 aromatic carbocycles. The summed E-state index contributed by atoms with van der Waals surface area (Å²) in [6.45, 7) is 1.73. The summed E-state index contributed by atoms with van der Waals surface area (Å²) in [5.41, 5.74) is 0.521. The first-order valence-electron chi connectivity index (χ1n) is 5.90. The molecule has 2 aromatic rings. The van der Waals surface area contributed by atoms with Crippen LogP contribution in [0.15, 0.2) is 34.1 Å². The summed E-state index contributed by atoms with van der Waals surface area (Å²) in [7, 11) is 0. The summed E-state index contributed by atoms with van der Waals surface area (Å²) >= 11 is 6.68. The van der Waals surface area contributed by atoms with Crippen molar-refractivity contribution >= 4 is 35.0 Å². The van der Waals surface area contributed by atoms with E-state index >= 15 is 0 Å². The molecule has 21 heavy (non-hydrogen) atoms. The number of amides is 1. The van der Waals surface area contributed by atoms with Gasteiger partial charge in [-0.25, -0.2) is 9.18 Å². The minimum absolute atomic E-state index is 0.00874. The number of hydrogen-bond acceptors (Lipinski definition) is 4. The van der Waals surface area contributed by atoms with Crippen molar-refractivity contribution in [2.75, 3.05) is 11.1 Å². The van der Waals surface area contributed by atoms with Gasteiger partial charge in [0.2, 0.25) is 5.91 Å². The van der Waals surface area contributed by atoms with E-state index in [-0.39, 0.29) is 16.7 Å². The molecular formula is C13H11ClFN3O2S. The third-order valence-corrected chi connectivity index (χ3v) is 3.63. The van der Waals surface area contributed by atoms with Crippen molar-refractivity contribution in [2.24, 2.45) is 0 Å². The van der Waals surface area contributed by atoms with Gasteiger partial charge >= 0.3 is 5.69 Å². The smallest absolute Gasteiger partial charge is 0.325 e. The summed E-state index contributed by atoms with van der Waals surface area (Å²) in [5.74, 6) is -0.879. The Hall–Kier alpha value is -1.86. The van der Waals surface area contributed by atoms with Gasteiger partial charge in [0, 0.05) is 11.4 Å². The summed E-state index contributed by atoms with van der Waals surface area (Å²) < 4.78 is 13.2. The van der Waals surface area contributed by atoms with Crippen molar-refractivity contribution < 1.29 is 9.18 Å². The number of carbonyl (C=O) groups excluding carboxylic acids is 1.